The van der Waals surface area contributed by atoms with Gasteiger partial charge in [-0.1, -0.05) is 6.92 Å². The molecule has 0 aromatic carbocycles. The van der Waals surface area contributed by atoms with Gasteiger partial charge in [-0.2, -0.15) is 5.06 Å². The van der Waals surface area contributed by atoms with Crippen LogP contribution in [0.3, 0.4) is 0 Å². The molecule has 0 saturated carbocycles. The van der Waals surface area contributed by atoms with Crippen molar-refractivity contribution in [3.63, 3.8) is 0 Å². The highest BCUT2D eigenvalue weighted by Gasteiger charge is 2.46. The molecule has 0 aromatic rings. The Kier molecular flexibility index (Phi) is 4.41. The zero-order valence-corrected chi connectivity index (χ0v) is 11.9. The summed E-state index contributed by atoms with van der Waals surface area (Å²) in [6.07, 6.45) is 0.800. The lowest BCUT2D eigenvalue weighted by atomic mass is 9.80. The molecule has 0 radical (unpaired) electrons. The Hall–Kier alpha value is -0.650. The van der Waals surface area contributed by atoms with E-state index in [0.717, 1.165) is 0 Å². The van der Waals surface area contributed by atoms with Crippen LogP contribution in [0.5, 0.6) is 0 Å². The fourth-order valence-electron chi connectivity index (χ4n) is 2.84. The number of carboxylic acid groups (broad SMARTS) is 1. The van der Waals surface area contributed by atoms with Crippen LogP contribution in [-0.4, -0.2) is 44.6 Å². The van der Waals surface area contributed by atoms with E-state index in [2.05, 4.69) is 0 Å². The van der Waals surface area contributed by atoms with Crippen LogP contribution in [0.1, 0.15) is 53.9 Å². The van der Waals surface area contributed by atoms with Gasteiger partial charge in [0.2, 0.25) is 0 Å². The molecule has 1 saturated heterocycles. The minimum absolute atomic E-state index is 0.139. The topological polar surface area (TPSA) is 70.0 Å². The van der Waals surface area contributed by atoms with Gasteiger partial charge in [-0.3, -0.25) is 0 Å². The maximum atomic E-state index is 11.0. The highest BCUT2D eigenvalue weighted by atomic mass is 16.5. The Morgan fingerprint density at radius 3 is 2.11 bits per heavy atom. The molecule has 0 bridgehead atoms. The maximum absolute atomic E-state index is 11.0. The Morgan fingerprint density at radius 2 is 1.78 bits per heavy atom. The van der Waals surface area contributed by atoms with Crippen LogP contribution in [0.25, 0.3) is 0 Å². The lowest BCUT2D eigenvalue weighted by molar-refractivity contribution is -0.264. The number of carbonyl (C=O) groups is 1. The fourth-order valence-corrected chi connectivity index (χ4v) is 2.84. The number of carboxylic acids is 1. The minimum Gasteiger partial charge on any atom is -0.479 e. The van der Waals surface area contributed by atoms with Gasteiger partial charge in [-0.15, -0.1) is 0 Å². The van der Waals surface area contributed by atoms with Crippen molar-refractivity contribution in [1.82, 2.24) is 5.06 Å². The SMILES string of the molecule is CCC(OC1CC(C)(C)N(O)C(C)(C)C1)C(=O)O. The number of aliphatic carboxylic acids is 1. The summed E-state index contributed by atoms with van der Waals surface area (Å²) in [5.41, 5.74) is -0.827. The van der Waals surface area contributed by atoms with Crippen LogP contribution in [0.2, 0.25) is 0 Å². The summed E-state index contributed by atoms with van der Waals surface area (Å²) in [5.74, 6) is -0.917. The molecular formula is C13H25NO4. The summed E-state index contributed by atoms with van der Waals surface area (Å²) in [6, 6.07) is 0. The molecule has 0 aliphatic carbocycles. The normalized spacial score (nSPS) is 25.9. The molecule has 1 atom stereocenters. The standard InChI is InChI=1S/C13H25NO4/c1-6-10(11(15)16)18-9-7-12(2,3)14(17)13(4,5)8-9/h9-10,17H,6-8H2,1-5H3,(H,15,16). The van der Waals surface area contributed by atoms with Crippen LogP contribution < -0.4 is 0 Å². The first kappa shape index (κ1) is 15.4. The number of piperidine rings is 1. The predicted molar refractivity (Wildman–Crippen MR) is 67.6 cm³/mol. The monoisotopic (exact) mass is 259 g/mol. The van der Waals surface area contributed by atoms with Gasteiger partial charge in [0.05, 0.1) is 6.10 Å². The molecule has 1 rings (SSSR count). The second kappa shape index (κ2) is 5.15. The van der Waals surface area contributed by atoms with Gasteiger partial charge in [0, 0.05) is 11.1 Å². The van der Waals surface area contributed by atoms with Gasteiger partial charge in [-0.05, 0) is 47.0 Å². The highest BCUT2D eigenvalue weighted by Crippen LogP contribution is 2.38. The summed E-state index contributed by atoms with van der Waals surface area (Å²) in [4.78, 5) is 11.0. The molecule has 2 N–H and O–H groups in total. The molecule has 1 aliphatic rings. The summed E-state index contributed by atoms with van der Waals surface area (Å²) >= 11 is 0. The van der Waals surface area contributed by atoms with Crippen LogP contribution in [0.15, 0.2) is 0 Å². The van der Waals surface area contributed by atoms with E-state index in [-0.39, 0.29) is 6.10 Å². The van der Waals surface area contributed by atoms with E-state index in [9.17, 15) is 10.0 Å². The van der Waals surface area contributed by atoms with Crippen molar-refractivity contribution in [3.05, 3.63) is 0 Å². The second-order valence-electron chi connectivity index (χ2n) is 6.34. The average Bonchev–Trinajstić information content (AvgIpc) is 2.21. The molecule has 0 amide bonds. The molecule has 5 heteroatoms. The van der Waals surface area contributed by atoms with Crippen molar-refractivity contribution in [2.75, 3.05) is 0 Å². The molecular weight excluding hydrogens is 234 g/mol. The van der Waals surface area contributed by atoms with Gasteiger partial charge in [0.1, 0.15) is 0 Å². The number of hydroxylamine groups is 2. The van der Waals surface area contributed by atoms with Gasteiger partial charge < -0.3 is 15.1 Å². The zero-order chi connectivity index (χ0) is 14.1. The van der Waals surface area contributed by atoms with Gasteiger partial charge in [-0.25, -0.2) is 4.79 Å². The largest absolute Gasteiger partial charge is 0.479 e. The summed E-state index contributed by atoms with van der Waals surface area (Å²) in [6.45, 7) is 9.55. The molecule has 1 fully saturated rings. The van der Waals surface area contributed by atoms with Crippen molar-refractivity contribution < 1.29 is 19.8 Å². The van der Waals surface area contributed by atoms with Crippen molar-refractivity contribution in [3.8, 4) is 0 Å². The molecule has 18 heavy (non-hydrogen) atoms. The Balaban J connectivity index is 2.77. The zero-order valence-electron chi connectivity index (χ0n) is 11.9. The third kappa shape index (κ3) is 3.22. The third-order valence-electron chi connectivity index (χ3n) is 3.60. The smallest absolute Gasteiger partial charge is 0.332 e. The lowest BCUT2D eigenvalue weighted by Gasteiger charge is -2.51. The third-order valence-corrected chi connectivity index (χ3v) is 3.60. The molecule has 0 aromatic heterocycles. The maximum Gasteiger partial charge on any atom is 0.332 e. The van der Waals surface area contributed by atoms with E-state index >= 15 is 0 Å². The highest BCUT2D eigenvalue weighted by molar-refractivity contribution is 5.72. The Bertz CT molecular complexity index is 296. The number of hydrogen-bond donors (Lipinski definition) is 2. The van der Waals surface area contributed by atoms with Crippen molar-refractivity contribution in [2.24, 2.45) is 0 Å². The van der Waals surface area contributed by atoms with Crippen molar-refractivity contribution in [2.45, 2.75) is 77.2 Å². The minimum atomic E-state index is -0.917. The quantitative estimate of drug-likeness (QED) is 0.810. The van der Waals surface area contributed by atoms with E-state index < -0.39 is 23.2 Å². The summed E-state index contributed by atoms with van der Waals surface area (Å²) < 4.78 is 5.68. The van der Waals surface area contributed by atoms with Gasteiger partial charge in [0.15, 0.2) is 6.10 Å². The van der Waals surface area contributed by atoms with Crippen molar-refractivity contribution >= 4 is 5.97 Å². The molecule has 1 unspecified atom stereocenters. The number of rotatable bonds is 4. The summed E-state index contributed by atoms with van der Waals surface area (Å²) in [7, 11) is 0. The van der Waals surface area contributed by atoms with E-state index in [1.165, 1.54) is 5.06 Å². The number of hydrogen-bond acceptors (Lipinski definition) is 4. The lowest BCUT2D eigenvalue weighted by Crippen LogP contribution is -2.61. The first-order valence-electron chi connectivity index (χ1n) is 6.47. The first-order chi connectivity index (χ1) is 8.10. The van der Waals surface area contributed by atoms with Crippen molar-refractivity contribution in [1.29, 1.82) is 0 Å². The molecule has 1 heterocycles. The van der Waals surface area contributed by atoms with Crippen LogP contribution in [-0.2, 0) is 9.53 Å². The van der Waals surface area contributed by atoms with Gasteiger partial charge in [0.25, 0.3) is 0 Å². The van der Waals surface area contributed by atoms with Crippen LogP contribution >= 0.6 is 0 Å². The molecule has 106 valence electrons. The van der Waals surface area contributed by atoms with E-state index in [4.69, 9.17) is 9.84 Å². The average molecular weight is 259 g/mol. The van der Waals surface area contributed by atoms with Crippen LogP contribution in [0.4, 0.5) is 0 Å². The predicted octanol–water partition coefficient (Wildman–Crippen LogP) is 2.28. The number of ether oxygens (including phenoxy) is 1. The number of nitrogens with zero attached hydrogens (tertiary/aromatic N) is 1. The Morgan fingerprint density at radius 1 is 1.33 bits per heavy atom. The van der Waals surface area contributed by atoms with E-state index in [1.807, 2.05) is 27.7 Å². The summed E-state index contributed by atoms with van der Waals surface area (Å²) in [5, 5.41) is 20.5. The van der Waals surface area contributed by atoms with E-state index in [0.29, 0.717) is 19.3 Å². The van der Waals surface area contributed by atoms with Crippen LogP contribution in [0, 0.1) is 0 Å². The fraction of sp³-hybridized carbons (Fsp3) is 0.923. The molecule has 1 aliphatic heterocycles. The van der Waals surface area contributed by atoms with Gasteiger partial charge >= 0.3 is 5.97 Å². The molecule has 5 nitrogen and oxygen atoms in total. The second-order valence-corrected chi connectivity index (χ2v) is 6.34. The molecule has 0 spiro atoms. The Labute approximate surface area is 109 Å². The first-order valence-corrected chi connectivity index (χ1v) is 6.47. The van der Waals surface area contributed by atoms with E-state index in [1.54, 1.807) is 6.92 Å².